The fourth-order valence-electron chi connectivity index (χ4n) is 2.20. The summed E-state index contributed by atoms with van der Waals surface area (Å²) in [6.07, 6.45) is 0.566. The molecule has 1 heterocycles. The minimum Gasteiger partial charge on any atom is -0.598 e. The van der Waals surface area contributed by atoms with Gasteiger partial charge in [0.15, 0.2) is 6.10 Å². The second-order valence-electron chi connectivity index (χ2n) is 8.19. The van der Waals surface area contributed by atoms with Crippen LogP contribution in [-0.4, -0.2) is 39.1 Å². The molecule has 0 radical (unpaired) electrons. The highest BCUT2D eigenvalue weighted by molar-refractivity contribution is 9.10. The molecule has 148 valence electrons. The van der Waals surface area contributed by atoms with Crippen LogP contribution in [-0.2, 0) is 31.2 Å². The first-order valence-corrected chi connectivity index (χ1v) is 10.2. The Morgan fingerprint density at radius 2 is 1.85 bits per heavy atom. The van der Waals surface area contributed by atoms with Crippen molar-refractivity contribution >= 4 is 33.3 Å². The first-order chi connectivity index (χ1) is 11.7. The second kappa shape index (κ2) is 8.56. The average Bonchev–Trinajstić information content (AvgIpc) is 2.44. The maximum absolute atomic E-state index is 12.8. The number of pyridine rings is 1. The molecule has 0 aliphatic rings. The van der Waals surface area contributed by atoms with Crippen LogP contribution >= 0.6 is 15.9 Å². The number of carbonyl (C=O) groups excluding carboxylic acids is 1. The number of hydrogen-bond donors (Lipinski definition) is 1. The topological polar surface area (TPSA) is 83.5 Å². The second-order valence-corrected chi connectivity index (χ2v) is 11.1. The molecular formula is C18H29BrN2O4S. The number of aromatic nitrogens is 1. The summed E-state index contributed by atoms with van der Waals surface area (Å²) in [6, 6.07) is 3.54. The minimum atomic E-state index is -1.47. The number of halogens is 1. The highest BCUT2D eigenvalue weighted by Gasteiger charge is 2.49. The number of esters is 1. The summed E-state index contributed by atoms with van der Waals surface area (Å²) in [5.74, 6) is -0.553. The van der Waals surface area contributed by atoms with Crippen LogP contribution in [0.1, 0.15) is 54.2 Å². The predicted molar refractivity (Wildman–Crippen MR) is 107 cm³/mol. The van der Waals surface area contributed by atoms with E-state index in [2.05, 4.69) is 25.6 Å². The van der Waals surface area contributed by atoms with Crippen molar-refractivity contribution in [2.75, 3.05) is 7.11 Å². The molecule has 0 amide bonds. The molecule has 6 nitrogen and oxygen atoms in total. The van der Waals surface area contributed by atoms with E-state index in [9.17, 15) is 9.35 Å². The summed E-state index contributed by atoms with van der Waals surface area (Å²) in [5.41, 5.74) is -1.33. The SMILES string of the molecule is COC(C(=O)OC(C)(C)C)[C@](C)(N[S+]([O-])C(C)(C)C)c1cc(Br)ccn1. The molecule has 26 heavy (non-hydrogen) atoms. The van der Waals surface area contributed by atoms with Gasteiger partial charge in [0, 0.05) is 29.1 Å². The van der Waals surface area contributed by atoms with Crippen LogP contribution in [0.3, 0.4) is 0 Å². The van der Waals surface area contributed by atoms with Crippen molar-refractivity contribution in [1.82, 2.24) is 9.71 Å². The van der Waals surface area contributed by atoms with Gasteiger partial charge in [0.1, 0.15) is 15.9 Å². The number of nitrogens with zero attached hydrogens (tertiary/aromatic N) is 1. The number of methoxy groups -OCH3 is 1. The van der Waals surface area contributed by atoms with Gasteiger partial charge < -0.3 is 14.0 Å². The van der Waals surface area contributed by atoms with Crippen LogP contribution in [0.15, 0.2) is 22.8 Å². The van der Waals surface area contributed by atoms with E-state index in [1.807, 2.05) is 20.8 Å². The number of ether oxygens (including phenoxy) is 2. The number of nitrogens with one attached hydrogen (secondary N) is 1. The van der Waals surface area contributed by atoms with Gasteiger partial charge in [-0.05, 0) is 60.6 Å². The molecule has 0 spiro atoms. The van der Waals surface area contributed by atoms with Gasteiger partial charge in [-0.1, -0.05) is 15.9 Å². The Morgan fingerprint density at radius 1 is 1.27 bits per heavy atom. The fraction of sp³-hybridized carbons (Fsp3) is 0.667. The van der Waals surface area contributed by atoms with Crippen molar-refractivity contribution in [1.29, 1.82) is 0 Å². The standard InChI is InChI=1S/C18H29BrN2O4S/c1-16(2,3)25-15(22)14(24-8)18(7,21-26(23)17(4,5)6)13-11-12(19)9-10-20-13/h9-11,14,21H,1-8H3/t14?,18-,26?/m1/s1. The first-order valence-electron chi connectivity index (χ1n) is 8.28. The van der Waals surface area contributed by atoms with Crippen LogP contribution in [0.2, 0.25) is 0 Å². The van der Waals surface area contributed by atoms with Gasteiger partial charge in [-0.3, -0.25) is 4.98 Å². The van der Waals surface area contributed by atoms with Gasteiger partial charge in [-0.2, -0.15) is 0 Å². The number of rotatable bonds is 6. The fourth-order valence-corrected chi connectivity index (χ4v) is 3.44. The van der Waals surface area contributed by atoms with E-state index in [-0.39, 0.29) is 0 Å². The molecule has 0 fully saturated rings. The van der Waals surface area contributed by atoms with Crippen molar-refractivity contribution in [2.24, 2.45) is 0 Å². The lowest BCUT2D eigenvalue weighted by molar-refractivity contribution is -0.171. The maximum atomic E-state index is 12.8. The average molecular weight is 449 g/mol. The highest BCUT2D eigenvalue weighted by Crippen LogP contribution is 2.31. The summed E-state index contributed by atoms with van der Waals surface area (Å²) in [7, 11) is 1.42. The van der Waals surface area contributed by atoms with E-state index >= 15 is 0 Å². The van der Waals surface area contributed by atoms with E-state index in [1.165, 1.54) is 7.11 Å². The lowest BCUT2D eigenvalue weighted by Crippen LogP contribution is -2.59. The smallest absolute Gasteiger partial charge is 0.338 e. The molecule has 0 bridgehead atoms. The van der Waals surface area contributed by atoms with Gasteiger partial charge in [-0.25, -0.2) is 4.79 Å². The van der Waals surface area contributed by atoms with E-state index in [0.29, 0.717) is 5.69 Å². The van der Waals surface area contributed by atoms with Crippen LogP contribution in [0.4, 0.5) is 0 Å². The summed E-state index contributed by atoms with van der Waals surface area (Å²) in [5, 5.41) is 0. The molecule has 0 aromatic carbocycles. The van der Waals surface area contributed by atoms with Crippen LogP contribution < -0.4 is 4.72 Å². The van der Waals surface area contributed by atoms with E-state index in [0.717, 1.165) is 4.47 Å². The van der Waals surface area contributed by atoms with Crippen LogP contribution in [0.25, 0.3) is 0 Å². The monoisotopic (exact) mass is 448 g/mol. The molecule has 0 aliphatic heterocycles. The van der Waals surface area contributed by atoms with Crippen molar-refractivity contribution in [2.45, 2.75) is 70.5 Å². The van der Waals surface area contributed by atoms with Crippen LogP contribution in [0.5, 0.6) is 0 Å². The molecule has 0 saturated carbocycles. The normalized spacial score (nSPS) is 17.3. The quantitative estimate of drug-likeness (QED) is 0.529. The predicted octanol–water partition coefficient (Wildman–Crippen LogP) is 3.47. The Kier molecular flexibility index (Phi) is 7.69. The Balaban J connectivity index is 3.40. The molecule has 2 unspecified atom stereocenters. The number of carbonyl (C=O) groups is 1. The largest absolute Gasteiger partial charge is 0.598 e. The molecule has 0 aliphatic carbocycles. The molecule has 1 rings (SSSR count). The Labute approximate surface area is 167 Å². The van der Waals surface area contributed by atoms with Crippen LogP contribution in [0, 0.1) is 0 Å². The summed E-state index contributed by atoms with van der Waals surface area (Å²) in [6.45, 7) is 12.6. The summed E-state index contributed by atoms with van der Waals surface area (Å²) in [4.78, 5) is 17.2. The van der Waals surface area contributed by atoms with Gasteiger partial charge in [0.05, 0.1) is 5.69 Å². The molecule has 8 heteroatoms. The van der Waals surface area contributed by atoms with Gasteiger partial charge in [-0.15, -0.1) is 4.72 Å². The third-order valence-electron chi connectivity index (χ3n) is 3.50. The lowest BCUT2D eigenvalue weighted by Gasteiger charge is -2.38. The van der Waals surface area contributed by atoms with Gasteiger partial charge in [0.2, 0.25) is 0 Å². The third kappa shape index (κ3) is 6.20. The molecule has 0 saturated heterocycles. The van der Waals surface area contributed by atoms with E-state index < -0.39 is 39.3 Å². The zero-order chi connectivity index (χ0) is 20.3. The molecule has 1 N–H and O–H groups in total. The zero-order valence-electron chi connectivity index (χ0n) is 16.7. The zero-order valence-corrected chi connectivity index (χ0v) is 19.1. The third-order valence-corrected chi connectivity index (χ3v) is 5.71. The number of hydrogen-bond acceptors (Lipinski definition) is 6. The molecule has 1 aromatic heterocycles. The Hall–Kier alpha value is -0.670. The van der Waals surface area contributed by atoms with Crippen molar-refractivity contribution in [3.8, 4) is 0 Å². The van der Waals surface area contributed by atoms with E-state index in [4.69, 9.17) is 9.47 Å². The molecule has 1 aromatic rings. The molecular weight excluding hydrogens is 420 g/mol. The highest BCUT2D eigenvalue weighted by atomic mass is 79.9. The van der Waals surface area contributed by atoms with E-state index in [1.54, 1.807) is 46.0 Å². The summed E-state index contributed by atoms with van der Waals surface area (Å²) >= 11 is 1.95. The lowest BCUT2D eigenvalue weighted by atomic mass is 9.91. The minimum absolute atomic E-state index is 0.516. The summed E-state index contributed by atoms with van der Waals surface area (Å²) < 4.78 is 27.1. The van der Waals surface area contributed by atoms with Gasteiger partial charge >= 0.3 is 5.97 Å². The Morgan fingerprint density at radius 3 is 2.27 bits per heavy atom. The first kappa shape index (κ1) is 23.4. The van der Waals surface area contributed by atoms with Crippen molar-refractivity contribution < 1.29 is 18.8 Å². The van der Waals surface area contributed by atoms with Gasteiger partial charge in [0.25, 0.3) is 0 Å². The maximum Gasteiger partial charge on any atom is 0.338 e. The van der Waals surface area contributed by atoms with Crippen molar-refractivity contribution in [3.63, 3.8) is 0 Å². The Bertz CT molecular complexity index is 630. The molecule has 3 atom stereocenters. The van der Waals surface area contributed by atoms with Crippen molar-refractivity contribution in [3.05, 3.63) is 28.5 Å².